The number of para-hydroxylation sites is 1. The number of aromatic nitrogens is 3. The van der Waals surface area contributed by atoms with E-state index in [-0.39, 0.29) is 11.8 Å². The SMILES string of the molecule is COc1ccccc1CNC(=O)[C@H]1CCCN(c2nnc3ccc(C(F)(F)F)cn23)C1. The first-order valence-corrected chi connectivity index (χ1v) is 9.93. The lowest BCUT2D eigenvalue weighted by Crippen LogP contribution is -2.43. The van der Waals surface area contributed by atoms with Crippen molar-refractivity contribution in [3.63, 3.8) is 0 Å². The number of fused-ring (bicyclic) bond motifs is 1. The second-order valence-electron chi connectivity index (χ2n) is 7.46. The summed E-state index contributed by atoms with van der Waals surface area (Å²) in [6.07, 6.45) is -2.05. The van der Waals surface area contributed by atoms with Gasteiger partial charge in [-0.15, -0.1) is 10.2 Å². The molecule has 0 aliphatic carbocycles. The molecular weight excluding hydrogens is 411 g/mol. The number of ether oxygens (including phenoxy) is 1. The Kier molecular flexibility index (Phi) is 5.71. The van der Waals surface area contributed by atoms with Crippen LogP contribution in [0.3, 0.4) is 0 Å². The monoisotopic (exact) mass is 433 g/mol. The fourth-order valence-corrected chi connectivity index (χ4v) is 3.81. The second kappa shape index (κ2) is 8.44. The predicted octanol–water partition coefficient (Wildman–Crippen LogP) is 3.29. The standard InChI is InChI=1S/C21H22F3N5O2/c1-31-17-7-3-2-5-14(17)11-25-19(30)15-6-4-10-28(12-15)20-27-26-18-9-8-16(13-29(18)20)21(22,23)24/h2-3,5,7-9,13,15H,4,6,10-12H2,1H3,(H,25,30)/t15-/m0/s1. The van der Waals surface area contributed by atoms with Crippen LogP contribution in [0.1, 0.15) is 24.0 Å². The van der Waals surface area contributed by atoms with E-state index in [1.807, 2.05) is 29.2 Å². The van der Waals surface area contributed by atoms with Crippen LogP contribution in [0, 0.1) is 5.92 Å². The molecule has 1 saturated heterocycles. The molecule has 0 bridgehead atoms. The molecule has 1 aliphatic heterocycles. The van der Waals surface area contributed by atoms with Crippen molar-refractivity contribution in [3.05, 3.63) is 53.7 Å². The maximum Gasteiger partial charge on any atom is 0.417 e. The third kappa shape index (κ3) is 4.42. The van der Waals surface area contributed by atoms with Crippen LogP contribution >= 0.6 is 0 Å². The summed E-state index contributed by atoms with van der Waals surface area (Å²) in [4.78, 5) is 14.6. The summed E-state index contributed by atoms with van der Waals surface area (Å²) in [5.41, 5.74) is 0.420. The van der Waals surface area contributed by atoms with E-state index in [2.05, 4.69) is 15.5 Å². The molecule has 0 saturated carbocycles. The zero-order valence-electron chi connectivity index (χ0n) is 16.9. The summed E-state index contributed by atoms with van der Waals surface area (Å²) in [6, 6.07) is 9.72. The molecule has 2 aromatic heterocycles. The third-order valence-corrected chi connectivity index (χ3v) is 5.43. The van der Waals surface area contributed by atoms with Gasteiger partial charge in [0.2, 0.25) is 11.9 Å². The lowest BCUT2D eigenvalue weighted by Gasteiger charge is -2.32. The normalized spacial score (nSPS) is 17.0. The fourth-order valence-electron chi connectivity index (χ4n) is 3.81. The minimum absolute atomic E-state index is 0.111. The summed E-state index contributed by atoms with van der Waals surface area (Å²) < 4.78 is 46.0. The van der Waals surface area contributed by atoms with Gasteiger partial charge in [-0.1, -0.05) is 18.2 Å². The average molecular weight is 433 g/mol. The molecule has 10 heteroatoms. The predicted molar refractivity (Wildman–Crippen MR) is 108 cm³/mol. The molecule has 31 heavy (non-hydrogen) atoms. The van der Waals surface area contributed by atoms with E-state index in [9.17, 15) is 18.0 Å². The minimum Gasteiger partial charge on any atom is -0.496 e. The summed E-state index contributed by atoms with van der Waals surface area (Å²) >= 11 is 0. The quantitative estimate of drug-likeness (QED) is 0.669. The van der Waals surface area contributed by atoms with E-state index in [4.69, 9.17) is 4.74 Å². The van der Waals surface area contributed by atoms with Gasteiger partial charge in [0.15, 0.2) is 5.65 Å². The molecule has 1 aliphatic rings. The van der Waals surface area contributed by atoms with Crippen molar-refractivity contribution in [1.29, 1.82) is 0 Å². The van der Waals surface area contributed by atoms with Crippen LogP contribution in [-0.2, 0) is 17.5 Å². The van der Waals surface area contributed by atoms with Gasteiger partial charge in [-0.3, -0.25) is 9.20 Å². The number of hydrogen-bond acceptors (Lipinski definition) is 5. The first-order chi connectivity index (χ1) is 14.9. The molecule has 3 aromatic rings. The molecule has 0 radical (unpaired) electrons. The summed E-state index contributed by atoms with van der Waals surface area (Å²) in [7, 11) is 1.58. The second-order valence-corrected chi connectivity index (χ2v) is 7.46. The van der Waals surface area contributed by atoms with E-state index >= 15 is 0 Å². The van der Waals surface area contributed by atoms with Crippen molar-refractivity contribution < 1.29 is 22.7 Å². The van der Waals surface area contributed by atoms with E-state index < -0.39 is 11.7 Å². The molecule has 3 heterocycles. The van der Waals surface area contributed by atoms with Crippen LogP contribution in [0.2, 0.25) is 0 Å². The summed E-state index contributed by atoms with van der Waals surface area (Å²) in [6.45, 7) is 1.28. The Morgan fingerprint density at radius 1 is 1.23 bits per heavy atom. The summed E-state index contributed by atoms with van der Waals surface area (Å²) in [5, 5.41) is 11.0. The number of carbonyl (C=O) groups excluding carboxylic acids is 1. The van der Waals surface area contributed by atoms with Crippen LogP contribution in [0.4, 0.5) is 19.1 Å². The zero-order valence-corrected chi connectivity index (χ0v) is 16.9. The molecule has 0 unspecified atom stereocenters. The number of hydrogen-bond donors (Lipinski definition) is 1. The maximum absolute atomic E-state index is 13.1. The number of methoxy groups -OCH3 is 1. The smallest absolute Gasteiger partial charge is 0.417 e. The van der Waals surface area contributed by atoms with Crippen LogP contribution in [0.5, 0.6) is 5.75 Å². The van der Waals surface area contributed by atoms with Crippen LogP contribution < -0.4 is 15.0 Å². The van der Waals surface area contributed by atoms with Crippen molar-refractivity contribution in [2.24, 2.45) is 5.92 Å². The highest BCUT2D eigenvalue weighted by atomic mass is 19.4. The Hall–Kier alpha value is -3.30. The minimum atomic E-state index is -4.46. The zero-order chi connectivity index (χ0) is 22.0. The van der Waals surface area contributed by atoms with Gasteiger partial charge in [0.25, 0.3) is 0 Å². The molecule has 1 atom stereocenters. The van der Waals surface area contributed by atoms with Crippen molar-refractivity contribution >= 4 is 17.5 Å². The number of benzene rings is 1. The molecule has 1 aromatic carbocycles. The number of pyridine rings is 1. The van der Waals surface area contributed by atoms with Gasteiger partial charge < -0.3 is 15.0 Å². The van der Waals surface area contributed by atoms with Crippen LogP contribution in [0.15, 0.2) is 42.6 Å². The van der Waals surface area contributed by atoms with Crippen molar-refractivity contribution in [3.8, 4) is 5.75 Å². The van der Waals surface area contributed by atoms with Crippen molar-refractivity contribution in [2.45, 2.75) is 25.6 Å². The summed E-state index contributed by atoms with van der Waals surface area (Å²) in [5.74, 6) is 0.591. The van der Waals surface area contributed by atoms with Crippen LogP contribution in [-0.4, -0.2) is 40.7 Å². The number of halogens is 3. The molecule has 1 amide bonds. The molecule has 1 N–H and O–H groups in total. The molecular formula is C21H22F3N5O2. The first kappa shape index (κ1) is 21.0. The lowest BCUT2D eigenvalue weighted by molar-refractivity contribution is -0.137. The van der Waals surface area contributed by atoms with Gasteiger partial charge in [0, 0.05) is 31.4 Å². The Labute approximate surface area is 176 Å². The van der Waals surface area contributed by atoms with Gasteiger partial charge in [-0.2, -0.15) is 13.2 Å². The van der Waals surface area contributed by atoms with Crippen LogP contribution in [0.25, 0.3) is 5.65 Å². The Bertz CT molecular complexity index is 1080. The number of amides is 1. The third-order valence-electron chi connectivity index (χ3n) is 5.43. The van der Waals surface area contributed by atoms with Gasteiger partial charge in [0.1, 0.15) is 5.75 Å². The van der Waals surface area contributed by atoms with E-state index in [0.29, 0.717) is 43.4 Å². The number of nitrogens with zero attached hydrogens (tertiary/aromatic N) is 4. The first-order valence-electron chi connectivity index (χ1n) is 9.93. The molecule has 164 valence electrons. The number of nitrogens with one attached hydrogen (secondary N) is 1. The largest absolute Gasteiger partial charge is 0.496 e. The number of rotatable bonds is 5. The Morgan fingerprint density at radius 2 is 2.03 bits per heavy atom. The molecule has 1 fully saturated rings. The maximum atomic E-state index is 13.1. The number of piperidine rings is 1. The Morgan fingerprint density at radius 3 is 2.81 bits per heavy atom. The molecule has 7 nitrogen and oxygen atoms in total. The van der Waals surface area contributed by atoms with Gasteiger partial charge in [-0.05, 0) is 31.0 Å². The van der Waals surface area contributed by atoms with Crippen molar-refractivity contribution in [1.82, 2.24) is 19.9 Å². The highest BCUT2D eigenvalue weighted by Crippen LogP contribution is 2.30. The number of alkyl halides is 3. The molecule has 0 spiro atoms. The van der Waals surface area contributed by atoms with E-state index in [1.54, 1.807) is 7.11 Å². The lowest BCUT2D eigenvalue weighted by atomic mass is 9.97. The van der Waals surface area contributed by atoms with Gasteiger partial charge in [-0.25, -0.2) is 0 Å². The topological polar surface area (TPSA) is 71.8 Å². The highest BCUT2D eigenvalue weighted by molar-refractivity contribution is 5.79. The number of anilines is 1. The average Bonchev–Trinajstić information content (AvgIpc) is 3.20. The van der Waals surface area contributed by atoms with Crippen molar-refractivity contribution in [2.75, 3.05) is 25.1 Å². The highest BCUT2D eigenvalue weighted by Gasteiger charge is 2.32. The van der Waals surface area contributed by atoms with Gasteiger partial charge in [0.05, 0.1) is 18.6 Å². The Balaban J connectivity index is 1.48. The van der Waals surface area contributed by atoms with E-state index in [1.165, 1.54) is 10.5 Å². The number of carbonyl (C=O) groups is 1. The molecule has 4 rings (SSSR count). The van der Waals surface area contributed by atoms with Gasteiger partial charge >= 0.3 is 6.18 Å². The van der Waals surface area contributed by atoms with E-state index in [0.717, 1.165) is 24.2 Å². The fraction of sp³-hybridized carbons (Fsp3) is 0.381.